The summed E-state index contributed by atoms with van der Waals surface area (Å²) in [5.41, 5.74) is -2.91. The van der Waals surface area contributed by atoms with Gasteiger partial charge < -0.3 is 10.0 Å². The number of nitrogens with zero attached hydrogens (tertiary/aromatic N) is 2. The monoisotopic (exact) mass is 576 g/mol. The van der Waals surface area contributed by atoms with Crippen molar-refractivity contribution in [1.82, 2.24) is 4.31 Å². The summed E-state index contributed by atoms with van der Waals surface area (Å²) < 4.78 is 94.4. The van der Waals surface area contributed by atoms with Gasteiger partial charge in [-0.05, 0) is 54.3 Å². The molecule has 6 nitrogen and oxygen atoms in total. The van der Waals surface area contributed by atoms with Crippen LogP contribution in [0.15, 0.2) is 75.1 Å². The number of thiophene rings is 1. The van der Waals surface area contributed by atoms with Gasteiger partial charge in [0.2, 0.25) is 0 Å². The Hall–Kier alpha value is -2.32. The maximum Gasteiger partial charge on any atom is 0.421 e. The van der Waals surface area contributed by atoms with Crippen molar-refractivity contribution in [2.75, 3.05) is 30.3 Å². The van der Waals surface area contributed by atoms with Crippen molar-refractivity contribution in [1.29, 1.82) is 0 Å². The Morgan fingerprint density at radius 3 is 2.38 bits per heavy atom. The predicted octanol–water partition coefficient (Wildman–Crippen LogP) is 4.34. The first-order chi connectivity index (χ1) is 17.3. The van der Waals surface area contributed by atoms with Crippen molar-refractivity contribution in [3.63, 3.8) is 0 Å². The van der Waals surface area contributed by atoms with E-state index in [4.69, 9.17) is 0 Å². The van der Waals surface area contributed by atoms with Crippen LogP contribution in [0.2, 0.25) is 0 Å². The molecule has 4 rings (SSSR count). The van der Waals surface area contributed by atoms with Crippen molar-refractivity contribution in [3.8, 4) is 0 Å². The van der Waals surface area contributed by atoms with E-state index in [1.165, 1.54) is 40.7 Å². The van der Waals surface area contributed by atoms with Gasteiger partial charge in [0.1, 0.15) is 10.0 Å². The van der Waals surface area contributed by atoms with Gasteiger partial charge in [-0.2, -0.15) is 17.5 Å². The van der Waals surface area contributed by atoms with E-state index in [1.54, 1.807) is 16.3 Å². The van der Waals surface area contributed by atoms with E-state index in [0.29, 0.717) is 12.6 Å². The molecule has 2 aromatic carbocycles. The lowest BCUT2D eigenvalue weighted by Gasteiger charge is -2.42. The highest BCUT2D eigenvalue weighted by atomic mass is 32.2. The summed E-state index contributed by atoms with van der Waals surface area (Å²) in [7, 11) is -5.48. The molecule has 1 aliphatic rings. The number of sulfonamides is 1. The molecule has 0 spiro atoms. The third kappa shape index (κ3) is 5.75. The SMILES string of the molecule is C[C@@](O)(c1ccc(N2CCN(S(=O)(=O)c3cccs3)C[C@@H]2CS(=O)c2cccc(F)c2)cc1)C(F)(F)F. The molecule has 1 aliphatic heterocycles. The first-order valence-corrected chi connectivity index (χ1v) is 14.8. The van der Waals surface area contributed by atoms with Gasteiger partial charge in [-0.25, -0.2) is 12.8 Å². The van der Waals surface area contributed by atoms with Crippen LogP contribution in [0, 0.1) is 5.82 Å². The topological polar surface area (TPSA) is 77.9 Å². The normalized spacial score (nSPS) is 19.9. The Morgan fingerprint density at radius 2 is 1.78 bits per heavy atom. The number of hydrogen-bond donors (Lipinski definition) is 1. The van der Waals surface area contributed by atoms with Crippen LogP contribution in [0.25, 0.3) is 0 Å². The number of benzene rings is 2. The molecule has 1 unspecified atom stereocenters. The van der Waals surface area contributed by atoms with Gasteiger partial charge in [0.05, 0.1) is 16.8 Å². The molecule has 3 atom stereocenters. The highest BCUT2D eigenvalue weighted by Crippen LogP contribution is 2.39. The van der Waals surface area contributed by atoms with Crippen molar-refractivity contribution in [2.45, 2.75) is 33.8 Å². The maximum atomic E-state index is 13.7. The molecule has 3 aromatic rings. The lowest BCUT2D eigenvalue weighted by Crippen LogP contribution is -2.56. The van der Waals surface area contributed by atoms with Crippen LogP contribution in [0.1, 0.15) is 12.5 Å². The minimum absolute atomic E-state index is 0.0245. The third-order valence-corrected chi connectivity index (χ3v) is 11.0. The second-order valence-corrected chi connectivity index (χ2v) is 13.3. The minimum Gasteiger partial charge on any atom is -0.376 e. The first kappa shape index (κ1) is 27.7. The van der Waals surface area contributed by atoms with Crippen LogP contribution >= 0.6 is 11.3 Å². The molecule has 200 valence electrons. The lowest BCUT2D eigenvalue weighted by molar-refractivity contribution is -0.258. The van der Waals surface area contributed by atoms with E-state index in [-0.39, 0.29) is 40.1 Å². The van der Waals surface area contributed by atoms with E-state index >= 15 is 0 Å². The van der Waals surface area contributed by atoms with Crippen molar-refractivity contribution in [2.24, 2.45) is 0 Å². The molecule has 37 heavy (non-hydrogen) atoms. The van der Waals surface area contributed by atoms with Gasteiger partial charge in [0, 0.05) is 36.0 Å². The van der Waals surface area contributed by atoms with E-state index in [0.717, 1.165) is 29.5 Å². The zero-order chi connectivity index (χ0) is 27.0. The number of alkyl halides is 3. The summed E-state index contributed by atoms with van der Waals surface area (Å²) in [6, 6.07) is 13.0. The molecule has 2 heterocycles. The summed E-state index contributed by atoms with van der Waals surface area (Å²) >= 11 is 1.08. The second kappa shape index (κ2) is 10.4. The molecule has 1 N–H and O–H groups in total. The number of piperazine rings is 1. The zero-order valence-corrected chi connectivity index (χ0v) is 22.0. The van der Waals surface area contributed by atoms with Gasteiger partial charge in [-0.3, -0.25) is 4.21 Å². The van der Waals surface area contributed by atoms with Gasteiger partial charge >= 0.3 is 6.18 Å². The summed E-state index contributed by atoms with van der Waals surface area (Å²) in [5.74, 6) is -0.595. The van der Waals surface area contributed by atoms with Gasteiger partial charge in [0.25, 0.3) is 10.0 Å². The molecule has 0 amide bonds. The fraction of sp³-hybridized carbons (Fsp3) is 0.333. The van der Waals surface area contributed by atoms with Crippen molar-refractivity contribution < 1.29 is 35.3 Å². The Balaban J connectivity index is 1.64. The molecule has 0 saturated carbocycles. The molecule has 0 bridgehead atoms. The van der Waals surface area contributed by atoms with Crippen LogP contribution in [-0.2, 0) is 26.4 Å². The predicted molar refractivity (Wildman–Crippen MR) is 134 cm³/mol. The molecule has 1 fully saturated rings. The number of aliphatic hydroxyl groups is 1. The smallest absolute Gasteiger partial charge is 0.376 e. The number of hydrogen-bond acceptors (Lipinski definition) is 6. The van der Waals surface area contributed by atoms with Gasteiger partial charge in [-0.1, -0.05) is 24.3 Å². The lowest BCUT2D eigenvalue weighted by atomic mass is 9.95. The van der Waals surface area contributed by atoms with Crippen molar-refractivity contribution in [3.05, 3.63) is 77.4 Å². The van der Waals surface area contributed by atoms with Gasteiger partial charge in [-0.15, -0.1) is 11.3 Å². The van der Waals surface area contributed by atoms with E-state index in [2.05, 4.69) is 0 Å². The Bertz CT molecular complexity index is 1360. The van der Waals surface area contributed by atoms with Crippen LogP contribution in [0.4, 0.5) is 23.2 Å². The van der Waals surface area contributed by atoms with Crippen LogP contribution in [-0.4, -0.2) is 59.6 Å². The van der Waals surface area contributed by atoms with Crippen LogP contribution in [0.5, 0.6) is 0 Å². The number of halogens is 4. The molecule has 13 heteroatoms. The van der Waals surface area contributed by atoms with Gasteiger partial charge in [0.15, 0.2) is 5.60 Å². The summed E-state index contributed by atoms with van der Waals surface area (Å²) in [4.78, 5) is 2.03. The number of anilines is 1. The van der Waals surface area contributed by atoms with E-state index < -0.39 is 44.5 Å². The molecular formula is C24H24F4N2O4S3. The molecule has 0 aliphatic carbocycles. The third-order valence-electron chi connectivity index (χ3n) is 6.25. The average molecular weight is 577 g/mol. The Kier molecular flexibility index (Phi) is 7.82. The largest absolute Gasteiger partial charge is 0.421 e. The summed E-state index contributed by atoms with van der Waals surface area (Å²) in [5, 5.41) is 11.6. The molecule has 1 saturated heterocycles. The van der Waals surface area contributed by atoms with E-state index in [9.17, 15) is 35.3 Å². The quantitative estimate of drug-likeness (QED) is 0.424. The number of rotatable bonds is 7. The standard InChI is InChI=1S/C24H24F4N2O4S3/c1-23(31,24(26,27)28)17-7-9-19(10-8-17)30-12-11-29(37(33,34)22-6-3-13-35-22)15-20(30)16-36(32)21-5-2-4-18(25)14-21/h2-10,13-14,20,31H,11-12,15-16H2,1H3/t20-,23-,36?/m1/s1. The highest BCUT2D eigenvalue weighted by molar-refractivity contribution is 7.91. The summed E-state index contributed by atoms with van der Waals surface area (Å²) in [6.45, 7) is 0.931. The molecule has 1 aromatic heterocycles. The van der Waals surface area contributed by atoms with E-state index in [1.807, 2.05) is 0 Å². The average Bonchev–Trinajstić information content (AvgIpc) is 3.39. The Morgan fingerprint density at radius 1 is 1.08 bits per heavy atom. The second-order valence-electron chi connectivity index (χ2n) is 8.73. The molecule has 0 radical (unpaired) electrons. The zero-order valence-electron chi connectivity index (χ0n) is 19.6. The fourth-order valence-corrected chi connectivity index (χ4v) is 8.00. The first-order valence-electron chi connectivity index (χ1n) is 11.1. The minimum atomic E-state index is -4.87. The highest BCUT2D eigenvalue weighted by Gasteiger charge is 2.51. The van der Waals surface area contributed by atoms with Crippen molar-refractivity contribution >= 4 is 37.8 Å². The Labute approximate surface area is 218 Å². The molecular weight excluding hydrogens is 552 g/mol. The van der Waals surface area contributed by atoms with Crippen LogP contribution < -0.4 is 4.90 Å². The van der Waals surface area contributed by atoms with Crippen LogP contribution in [0.3, 0.4) is 0 Å². The fourth-order valence-electron chi connectivity index (χ4n) is 4.09. The maximum absolute atomic E-state index is 13.7. The summed E-state index contributed by atoms with van der Waals surface area (Å²) in [6.07, 6.45) is -4.87.